The first-order valence-electron chi connectivity index (χ1n) is 6.64. The molecule has 5 nitrogen and oxygen atoms in total. The third-order valence-electron chi connectivity index (χ3n) is 3.14. The number of methoxy groups -OCH3 is 1. The van der Waals surface area contributed by atoms with Crippen LogP contribution >= 0.6 is 11.3 Å². The minimum absolute atomic E-state index is 0.628. The van der Waals surface area contributed by atoms with Gasteiger partial charge in [0.05, 0.1) is 25.0 Å². The van der Waals surface area contributed by atoms with Gasteiger partial charge < -0.3 is 10.1 Å². The zero-order valence-electron chi connectivity index (χ0n) is 12.2. The van der Waals surface area contributed by atoms with Gasteiger partial charge in [0.15, 0.2) is 0 Å². The van der Waals surface area contributed by atoms with Gasteiger partial charge in [0.2, 0.25) is 0 Å². The van der Waals surface area contributed by atoms with Crippen LogP contribution in [0.25, 0.3) is 10.3 Å². The van der Waals surface area contributed by atoms with Gasteiger partial charge in [-0.2, -0.15) is 0 Å². The van der Waals surface area contributed by atoms with Gasteiger partial charge in [0.1, 0.15) is 21.1 Å². The fraction of sp³-hybridized carbons (Fsp3) is 0.267. The van der Waals surface area contributed by atoms with Gasteiger partial charge in [-0.15, -0.1) is 0 Å². The monoisotopic (exact) mass is 300 g/mol. The molecular formula is C15H16N4OS. The molecule has 0 saturated carbocycles. The predicted molar refractivity (Wildman–Crippen MR) is 85.0 cm³/mol. The quantitative estimate of drug-likeness (QED) is 0.801. The van der Waals surface area contributed by atoms with E-state index < -0.39 is 0 Å². The Hall–Kier alpha value is -2.21. The average Bonchev–Trinajstić information content (AvgIpc) is 2.88. The SMILES string of the molecule is COc1cc(C)nc(C)c1NCc1nc2cccnc2s1. The number of nitrogens with zero attached hydrogens (tertiary/aromatic N) is 3. The Labute approximate surface area is 127 Å². The van der Waals surface area contributed by atoms with E-state index in [4.69, 9.17) is 4.74 Å². The van der Waals surface area contributed by atoms with Crippen molar-refractivity contribution in [1.29, 1.82) is 0 Å². The average molecular weight is 300 g/mol. The number of fused-ring (bicyclic) bond motifs is 1. The molecule has 0 radical (unpaired) electrons. The van der Waals surface area contributed by atoms with Crippen LogP contribution in [0.1, 0.15) is 16.4 Å². The van der Waals surface area contributed by atoms with Crippen LogP contribution in [0.3, 0.4) is 0 Å². The van der Waals surface area contributed by atoms with Gasteiger partial charge in [-0.3, -0.25) is 4.98 Å². The van der Waals surface area contributed by atoms with E-state index >= 15 is 0 Å². The lowest BCUT2D eigenvalue weighted by atomic mass is 10.2. The predicted octanol–water partition coefficient (Wildman–Crippen LogP) is 3.32. The number of pyridine rings is 2. The largest absolute Gasteiger partial charge is 0.494 e. The molecule has 3 rings (SSSR count). The first-order chi connectivity index (χ1) is 10.2. The summed E-state index contributed by atoms with van der Waals surface area (Å²) in [6, 6.07) is 5.80. The number of hydrogen-bond acceptors (Lipinski definition) is 6. The Morgan fingerprint density at radius 3 is 2.90 bits per heavy atom. The maximum atomic E-state index is 5.42. The third-order valence-corrected chi connectivity index (χ3v) is 4.12. The Kier molecular flexibility index (Phi) is 3.70. The summed E-state index contributed by atoms with van der Waals surface area (Å²) in [4.78, 5) is 14.3. The number of aryl methyl sites for hydroxylation is 2. The van der Waals surface area contributed by atoms with Crippen molar-refractivity contribution in [2.75, 3.05) is 12.4 Å². The van der Waals surface area contributed by atoms with Crippen molar-refractivity contribution in [3.05, 3.63) is 40.8 Å². The summed E-state index contributed by atoms with van der Waals surface area (Å²) in [5.41, 5.74) is 3.71. The first kappa shape index (κ1) is 13.8. The molecule has 6 heteroatoms. The van der Waals surface area contributed by atoms with Crippen LogP contribution in [-0.4, -0.2) is 22.1 Å². The molecule has 0 saturated heterocycles. The standard InChI is InChI=1S/C15H16N4OS/c1-9-7-12(20-3)14(10(2)18-9)17-8-13-19-11-5-4-6-16-15(11)21-13/h4-7,17H,8H2,1-3H3. The van der Waals surface area contributed by atoms with Crippen molar-refractivity contribution >= 4 is 27.4 Å². The first-order valence-corrected chi connectivity index (χ1v) is 7.45. The van der Waals surface area contributed by atoms with E-state index in [1.165, 1.54) is 0 Å². The molecule has 21 heavy (non-hydrogen) atoms. The second-order valence-electron chi connectivity index (χ2n) is 4.72. The summed E-state index contributed by atoms with van der Waals surface area (Å²) in [6.07, 6.45) is 1.79. The van der Waals surface area contributed by atoms with Gasteiger partial charge in [-0.05, 0) is 26.0 Å². The summed E-state index contributed by atoms with van der Waals surface area (Å²) >= 11 is 1.59. The van der Waals surface area contributed by atoms with E-state index in [0.717, 1.165) is 38.2 Å². The Morgan fingerprint density at radius 2 is 2.14 bits per heavy atom. The molecule has 3 aromatic rings. The van der Waals surface area contributed by atoms with E-state index in [0.29, 0.717) is 6.54 Å². The number of anilines is 1. The highest BCUT2D eigenvalue weighted by Crippen LogP contribution is 2.29. The molecule has 108 valence electrons. The van der Waals surface area contributed by atoms with Gasteiger partial charge in [-0.25, -0.2) is 9.97 Å². The smallest absolute Gasteiger partial charge is 0.145 e. The summed E-state index contributed by atoms with van der Waals surface area (Å²) in [5, 5.41) is 4.36. The summed E-state index contributed by atoms with van der Waals surface area (Å²) < 4.78 is 5.42. The molecule has 0 aliphatic rings. The third kappa shape index (κ3) is 2.80. The molecule has 3 heterocycles. The highest BCUT2D eigenvalue weighted by atomic mass is 32.1. The fourth-order valence-electron chi connectivity index (χ4n) is 2.22. The van der Waals surface area contributed by atoms with Crippen molar-refractivity contribution in [2.45, 2.75) is 20.4 Å². The van der Waals surface area contributed by atoms with Crippen LogP contribution < -0.4 is 10.1 Å². The zero-order valence-corrected chi connectivity index (χ0v) is 13.0. The lowest BCUT2D eigenvalue weighted by Crippen LogP contribution is -2.05. The normalized spacial score (nSPS) is 10.8. The summed E-state index contributed by atoms with van der Waals surface area (Å²) in [6.45, 7) is 4.55. The van der Waals surface area contributed by atoms with Crippen LogP contribution in [0.4, 0.5) is 5.69 Å². The van der Waals surface area contributed by atoms with Crippen molar-refractivity contribution in [1.82, 2.24) is 15.0 Å². The number of thiazole rings is 1. The molecule has 0 fully saturated rings. The minimum atomic E-state index is 0.628. The van der Waals surface area contributed by atoms with Crippen LogP contribution in [0.5, 0.6) is 5.75 Å². The van der Waals surface area contributed by atoms with E-state index in [1.807, 2.05) is 32.0 Å². The molecule has 0 amide bonds. The molecule has 0 unspecified atom stereocenters. The minimum Gasteiger partial charge on any atom is -0.494 e. The maximum Gasteiger partial charge on any atom is 0.145 e. The van der Waals surface area contributed by atoms with Crippen molar-refractivity contribution in [2.24, 2.45) is 0 Å². The van der Waals surface area contributed by atoms with Gasteiger partial charge in [-0.1, -0.05) is 11.3 Å². The molecule has 0 spiro atoms. The van der Waals surface area contributed by atoms with Crippen LogP contribution in [-0.2, 0) is 6.54 Å². The fourth-order valence-corrected chi connectivity index (χ4v) is 3.07. The molecular weight excluding hydrogens is 284 g/mol. The molecule has 1 N–H and O–H groups in total. The molecule has 0 aliphatic heterocycles. The second-order valence-corrected chi connectivity index (χ2v) is 5.78. The van der Waals surface area contributed by atoms with Crippen molar-refractivity contribution in [3.8, 4) is 5.75 Å². The molecule has 3 aromatic heterocycles. The summed E-state index contributed by atoms with van der Waals surface area (Å²) in [5.74, 6) is 0.805. The van der Waals surface area contributed by atoms with Crippen molar-refractivity contribution < 1.29 is 4.74 Å². The summed E-state index contributed by atoms with van der Waals surface area (Å²) in [7, 11) is 1.67. The molecule has 0 aromatic carbocycles. The van der Waals surface area contributed by atoms with E-state index in [-0.39, 0.29) is 0 Å². The lowest BCUT2D eigenvalue weighted by Gasteiger charge is -2.13. The molecule has 0 aliphatic carbocycles. The number of rotatable bonds is 4. The van der Waals surface area contributed by atoms with E-state index in [9.17, 15) is 0 Å². The number of nitrogens with one attached hydrogen (secondary N) is 1. The number of aromatic nitrogens is 3. The van der Waals surface area contributed by atoms with Crippen LogP contribution in [0.15, 0.2) is 24.4 Å². The molecule has 0 atom stereocenters. The number of hydrogen-bond donors (Lipinski definition) is 1. The maximum absolute atomic E-state index is 5.42. The highest BCUT2D eigenvalue weighted by molar-refractivity contribution is 7.18. The highest BCUT2D eigenvalue weighted by Gasteiger charge is 2.10. The van der Waals surface area contributed by atoms with E-state index in [1.54, 1.807) is 24.6 Å². The Balaban J connectivity index is 1.84. The zero-order chi connectivity index (χ0) is 14.8. The Morgan fingerprint density at radius 1 is 1.29 bits per heavy atom. The number of ether oxygens (including phenoxy) is 1. The molecule has 0 bridgehead atoms. The van der Waals surface area contributed by atoms with Crippen molar-refractivity contribution in [3.63, 3.8) is 0 Å². The van der Waals surface area contributed by atoms with Gasteiger partial charge >= 0.3 is 0 Å². The van der Waals surface area contributed by atoms with Gasteiger partial charge in [0, 0.05) is 18.0 Å². The second kappa shape index (κ2) is 5.65. The lowest BCUT2D eigenvalue weighted by molar-refractivity contribution is 0.415. The Bertz CT molecular complexity index is 751. The topological polar surface area (TPSA) is 59.9 Å². The van der Waals surface area contributed by atoms with Crippen LogP contribution in [0.2, 0.25) is 0 Å². The van der Waals surface area contributed by atoms with Gasteiger partial charge in [0.25, 0.3) is 0 Å². The van der Waals surface area contributed by atoms with E-state index in [2.05, 4.69) is 20.3 Å². The van der Waals surface area contributed by atoms with Crippen LogP contribution in [0, 0.1) is 13.8 Å².